The fourth-order valence-corrected chi connectivity index (χ4v) is 3.79. The number of hydrogen-bond donors (Lipinski definition) is 1. The number of para-hydroxylation sites is 1. The van der Waals surface area contributed by atoms with Crippen molar-refractivity contribution in [2.45, 2.75) is 20.8 Å². The SMILES string of the molecule is CCS(=O)(=O)CCNC(=O)c1cn(-c2ccccc2)nc1-c1ccc(C)cc1C. The van der Waals surface area contributed by atoms with E-state index in [4.69, 9.17) is 0 Å². The predicted molar refractivity (Wildman–Crippen MR) is 115 cm³/mol. The molecule has 1 N–H and O–H groups in total. The molecule has 2 aromatic carbocycles. The van der Waals surface area contributed by atoms with E-state index in [1.54, 1.807) is 17.8 Å². The number of aromatic nitrogens is 2. The summed E-state index contributed by atoms with van der Waals surface area (Å²) in [7, 11) is -3.14. The highest BCUT2D eigenvalue weighted by Gasteiger charge is 2.20. The van der Waals surface area contributed by atoms with E-state index in [1.165, 1.54) is 0 Å². The normalized spacial score (nSPS) is 11.4. The van der Waals surface area contributed by atoms with Crippen LogP contribution >= 0.6 is 0 Å². The Kier molecular flexibility index (Phi) is 6.17. The summed E-state index contributed by atoms with van der Waals surface area (Å²) in [5, 5.41) is 7.40. The van der Waals surface area contributed by atoms with Gasteiger partial charge in [-0.3, -0.25) is 4.79 Å². The molecule has 3 rings (SSSR count). The first-order valence-electron chi connectivity index (χ1n) is 9.52. The molecule has 0 atom stereocenters. The molecule has 0 aliphatic heterocycles. The molecule has 7 heteroatoms. The molecule has 0 aliphatic rings. The van der Waals surface area contributed by atoms with Gasteiger partial charge in [-0.1, -0.05) is 48.9 Å². The van der Waals surface area contributed by atoms with Gasteiger partial charge in [0.1, 0.15) is 5.69 Å². The van der Waals surface area contributed by atoms with E-state index >= 15 is 0 Å². The Balaban J connectivity index is 1.98. The van der Waals surface area contributed by atoms with Crippen LogP contribution in [0.25, 0.3) is 16.9 Å². The van der Waals surface area contributed by atoms with Crippen molar-refractivity contribution in [2.75, 3.05) is 18.1 Å². The first-order chi connectivity index (χ1) is 13.8. The van der Waals surface area contributed by atoms with Crippen LogP contribution in [0.4, 0.5) is 0 Å². The summed E-state index contributed by atoms with van der Waals surface area (Å²) in [6, 6.07) is 15.5. The third-order valence-electron chi connectivity index (χ3n) is 4.76. The quantitative estimate of drug-likeness (QED) is 0.647. The Morgan fingerprint density at radius 2 is 1.83 bits per heavy atom. The minimum Gasteiger partial charge on any atom is -0.351 e. The van der Waals surface area contributed by atoms with Crippen molar-refractivity contribution in [3.05, 3.63) is 71.4 Å². The number of carbonyl (C=O) groups is 1. The van der Waals surface area contributed by atoms with Gasteiger partial charge in [0.15, 0.2) is 9.84 Å². The van der Waals surface area contributed by atoms with Crippen LogP contribution in [0.3, 0.4) is 0 Å². The molecule has 0 bridgehead atoms. The molecule has 29 heavy (non-hydrogen) atoms. The standard InChI is InChI=1S/C22H25N3O3S/c1-4-29(27,28)13-12-23-22(26)20-15-25(18-8-6-5-7-9-18)24-21(20)19-11-10-16(2)14-17(19)3/h5-11,14-15H,4,12-13H2,1-3H3,(H,23,26). The summed E-state index contributed by atoms with van der Waals surface area (Å²) in [5.41, 5.74) is 4.84. The van der Waals surface area contributed by atoms with E-state index in [0.717, 1.165) is 22.4 Å². The lowest BCUT2D eigenvalue weighted by Crippen LogP contribution is -2.29. The van der Waals surface area contributed by atoms with Crippen molar-refractivity contribution in [1.82, 2.24) is 15.1 Å². The first kappa shape index (κ1) is 20.8. The van der Waals surface area contributed by atoms with E-state index in [0.29, 0.717) is 11.3 Å². The first-order valence-corrected chi connectivity index (χ1v) is 11.3. The van der Waals surface area contributed by atoms with Crippen molar-refractivity contribution < 1.29 is 13.2 Å². The molecule has 1 aromatic heterocycles. The van der Waals surface area contributed by atoms with E-state index < -0.39 is 9.84 Å². The molecule has 152 valence electrons. The van der Waals surface area contributed by atoms with Gasteiger partial charge in [-0.25, -0.2) is 13.1 Å². The lowest BCUT2D eigenvalue weighted by molar-refractivity contribution is 0.0956. The second-order valence-corrected chi connectivity index (χ2v) is 9.45. The van der Waals surface area contributed by atoms with Gasteiger partial charge in [0.2, 0.25) is 0 Å². The number of benzene rings is 2. The zero-order chi connectivity index (χ0) is 21.0. The van der Waals surface area contributed by atoms with Gasteiger partial charge in [0.05, 0.1) is 17.0 Å². The number of aryl methyl sites for hydroxylation is 2. The zero-order valence-electron chi connectivity index (χ0n) is 16.8. The summed E-state index contributed by atoms with van der Waals surface area (Å²) in [5.74, 6) is -0.364. The van der Waals surface area contributed by atoms with Gasteiger partial charge in [-0.2, -0.15) is 5.10 Å². The Morgan fingerprint density at radius 3 is 2.48 bits per heavy atom. The average molecular weight is 412 g/mol. The number of sulfone groups is 1. The highest BCUT2D eigenvalue weighted by atomic mass is 32.2. The highest BCUT2D eigenvalue weighted by Crippen LogP contribution is 2.27. The van der Waals surface area contributed by atoms with Crippen molar-refractivity contribution in [2.24, 2.45) is 0 Å². The van der Waals surface area contributed by atoms with Crippen molar-refractivity contribution in [1.29, 1.82) is 0 Å². The van der Waals surface area contributed by atoms with Gasteiger partial charge in [0.25, 0.3) is 5.91 Å². The third-order valence-corrected chi connectivity index (χ3v) is 6.46. The number of amides is 1. The lowest BCUT2D eigenvalue weighted by atomic mass is 10.0. The number of rotatable bonds is 7. The molecule has 1 amide bonds. The fourth-order valence-electron chi connectivity index (χ4n) is 3.09. The van der Waals surface area contributed by atoms with Crippen molar-refractivity contribution in [3.8, 4) is 16.9 Å². The molecule has 3 aromatic rings. The Hall–Kier alpha value is -2.93. The number of nitrogens with zero attached hydrogens (tertiary/aromatic N) is 2. The molecular formula is C22H25N3O3S. The molecule has 6 nitrogen and oxygen atoms in total. The largest absolute Gasteiger partial charge is 0.351 e. The maximum Gasteiger partial charge on any atom is 0.255 e. The summed E-state index contributed by atoms with van der Waals surface area (Å²) in [6.07, 6.45) is 1.69. The molecule has 0 spiro atoms. The summed E-state index contributed by atoms with van der Waals surface area (Å²) >= 11 is 0. The summed E-state index contributed by atoms with van der Waals surface area (Å²) in [6.45, 7) is 5.66. The summed E-state index contributed by atoms with van der Waals surface area (Å²) < 4.78 is 25.1. The Bertz CT molecular complexity index is 1120. The Morgan fingerprint density at radius 1 is 1.10 bits per heavy atom. The van der Waals surface area contributed by atoms with Gasteiger partial charge in [-0.15, -0.1) is 0 Å². The van der Waals surface area contributed by atoms with Crippen LogP contribution in [0, 0.1) is 13.8 Å². The van der Waals surface area contributed by atoms with Crippen LogP contribution in [0.5, 0.6) is 0 Å². The minimum absolute atomic E-state index is 0.0582. The van der Waals surface area contributed by atoms with Crippen molar-refractivity contribution >= 4 is 15.7 Å². The van der Waals surface area contributed by atoms with Gasteiger partial charge in [-0.05, 0) is 31.5 Å². The topological polar surface area (TPSA) is 81.1 Å². The maximum absolute atomic E-state index is 12.9. The minimum atomic E-state index is -3.14. The molecule has 0 unspecified atom stereocenters. The summed E-state index contributed by atoms with van der Waals surface area (Å²) in [4.78, 5) is 12.9. The van der Waals surface area contributed by atoms with Gasteiger partial charge >= 0.3 is 0 Å². The molecule has 1 heterocycles. The van der Waals surface area contributed by atoms with Crippen LogP contribution in [0.15, 0.2) is 54.7 Å². The number of hydrogen-bond acceptors (Lipinski definition) is 4. The molecule has 0 aliphatic carbocycles. The lowest BCUT2D eigenvalue weighted by Gasteiger charge is -2.08. The number of nitrogens with one attached hydrogen (secondary N) is 1. The van der Waals surface area contributed by atoms with Crippen LogP contribution in [-0.4, -0.2) is 42.2 Å². The van der Waals surface area contributed by atoms with E-state index in [-0.39, 0.29) is 24.0 Å². The average Bonchev–Trinajstić information content (AvgIpc) is 3.14. The Labute approximate surface area is 171 Å². The van der Waals surface area contributed by atoms with Gasteiger partial charge in [0, 0.05) is 24.1 Å². The predicted octanol–water partition coefficient (Wildman–Crippen LogP) is 3.32. The van der Waals surface area contributed by atoms with Crippen LogP contribution in [0.2, 0.25) is 0 Å². The molecule has 0 saturated heterocycles. The van der Waals surface area contributed by atoms with Crippen LogP contribution < -0.4 is 5.32 Å². The van der Waals surface area contributed by atoms with E-state index in [2.05, 4.69) is 10.4 Å². The zero-order valence-corrected chi connectivity index (χ0v) is 17.7. The van der Waals surface area contributed by atoms with Crippen LogP contribution in [-0.2, 0) is 9.84 Å². The smallest absolute Gasteiger partial charge is 0.255 e. The second kappa shape index (κ2) is 8.61. The maximum atomic E-state index is 12.9. The second-order valence-electron chi connectivity index (χ2n) is 6.98. The monoisotopic (exact) mass is 411 g/mol. The highest BCUT2D eigenvalue weighted by molar-refractivity contribution is 7.91. The molecule has 0 saturated carbocycles. The van der Waals surface area contributed by atoms with Crippen molar-refractivity contribution in [3.63, 3.8) is 0 Å². The van der Waals surface area contributed by atoms with E-state index in [1.807, 2.05) is 62.4 Å². The third kappa shape index (κ3) is 4.92. The molecule has 0 fully saturated rings. The van der Waals surface area contributed by atoms with E-state index in [9.17, 15) is 13.2 Å². The molecule has 0 radical (unpaired) electrons. The van der Waals surface area contributed by atoms with Gasteiger partial charge < -0.3 is 5.32 Å². The van der Waals surface area contributed by atoms with Crippen LogP contribution in [0.1, 0.15) is 28.4 Å². The fraction of sp³-hybridized carbons (Fsp3) is 0.273. The number of carbonyl (C=O) groups excluding carboxylic acids is 1. The molecular weight excluding hydrogens is 386 g/mol.